The first-order valence-electron chi connectivity index (χ1n) is 6.01. The lowest BCUT2D eigenvalue weighted by Crippen LogP contribution is -2.30. The van der Waals surface area contributed by atoms with E-state index in [4.69, 9.17) is 9.47 Å². The zero-order valence-electron chi connectivity index (χ0n) is 10.5. The molecule has 1 aromatic rings. The van der Waals surface area contributed by atoms with Gasteiger partial charge in [0.25, 0.3) is 0 Å². The van der Waals surface area contributed by atoms with Gasteiger partial charge in [-0.15, -0.1) is 0 Å². The van der Waals surface area contributed by atoms with E-state index in [9.17, 15) is 0 Å². The Balaban J connectivity index is 1.93. The van der Waals surface area contributed by atoms with Crippen LogP contribution in [0.5, 0.6) is 11.5 Å². The van der Waals surface area contributed by atoms with Crippen LogP contribution in [0.2, 0.25) is 0 Å². The van der Waals surface area contributed by atoms with E-state index in [0.29, 0.717) is 13.2 Å². The maximum Gasteiger partial charge on any atom is 0.161 e. The number of benzene rings is 1. The van der Waals surface area contributed by atoms with Crippen molar-refractivity contribution < 1.29 is 9.47 Å². The highest BCUT2D eigenvalue weighted by Crippen LogP contribution is 2.30. The Morgan fingerprint density at radius 2 is 2.00 bits per heavy atom. The molecule has 1 aliphatic rings. The summed E-state index contributed by atoms with van der Waals surface area (Å²) in [6, 6.07) is 6.20. The van der Waals surface area contributed by atoms with E-state index in [1.807, 2.05) is 13.1 Å². The van der Waals surface area contributed by atoms with Gasteiger partial charge in [0.1, 0.15) is 13.2 Å². The molecule has 0 radical (unpaired) electrons. The van der Waals surface area contributed by atoms with Crippen molar-refractivity contribution in [2.24, 2.45) is 0 Å². The minimum absolute atomic E-state index is 0.649. The van der Waals surface area contributed by atoms with E-state index in [1.165, 1.54) is 5.56 Å². The summed E-state index contributed by atoms with van der Waals surface area (Å²) < 4.78 is 11.1. The molecule has 0 aliphatic carbocycles. The molecule has 1 N–H and O–H groups in total. The molecule has 17 heavy (non-hydrogen) atoms. The van der Waals surface area contributed by atoms with Crippen LogP contribution in [0.25, 0.3) is 0 Å². The van der Waals surface area contributed by atoms with Crippen molar-refractivity contribution in [3.8, 4) is 11.5 Å². The predicted molar refractivity (Wildman–Crippen MR) is 67.7 cm³/mol. The summed E-state index contributed by atoms with van der Waals surface area (Å²) in [4.78, 5) is 2.25. The Morgan fingerprint density at radius 3 is 2.76 bits per heavy atom. The van der Waals surface area contributed by atoms with Crippen LogP contribution >= 0.6 is 0 Å². The Labute approximate surface area is 103 Å². The van der Waals surface area contributed by atoms with Crippen molar-refractivity contribution in [1.82, 2.24) is 10.2 Å². The smallest absolute Gasteiger partial charge is 0.161 e. The lowest BCUT2D eigenvalue weighted by Gasteiger charge is -2.20. The van der Waals surface area contributed by atoms with Gasteiger partial charge in [0.2, 0.25) is 0 Å². The first-order valence-corrected chi connectivity index (χ1v) is 6.01. The molecular formula is C13H20N2O2. The monoisotopic (exact) mass is 236 g/mol. The molecule has 94 valence electrons. The van der Waals surface area contributed by atoms with Gasteiger partial charge in [-0.1, -0.05) is 6.07 Å². The zero-order chi connectivity index (χ0) is 12.1. The van der Waals surface area contributed by atoms with E-state index in [0.717, 1.165) is 31.1 Å². The third-order valence-corrected chi connectivity index (χ3v) is 2.82. The number of ether oxygens (including phenoxy) is 2. The van der Waals surface area contributed by atoms with Crippen LogP contribution in [0.4, 0.5) is 0 Å². The zero-order valence-corrected chi connectivity index (χ0v) is 10.5. The summed E-state index contributed by atoms with van der Waals surface area (Å²) in [5.74, 6) is 1.74. The molecule has 0 unspecified atom stereocenters. The van der Waals surface area contributed by atoms with Gasteiger partial charge in [0.05, 0.1) is 0 Å². The van der Waals surface area contributed by atoms with Crippen molar-refractivity contribution in [3.05, 3.63) is 23.8 Å². The second-order valence-corrected chi connectivity index (χ2v) is 4.32. The number of nitrogens with one attached hydrogen (secondary N) is 1. The fourth-order valence-electron chi connectivity index (χ4n) is 1.91. The molecule has 4 heteroatoms. The lowest BCUT2D eigenvalue weighted by atomic mass is 10.1. The van der Waals surface area contributed by atoms with Crippen LogP contribution in [0, 0.1) is 0 Å². The summed E-state index contributed by atoms with van der Waals surface area (Å²) in [6.45, 7) is 3.23. The number of rotatable bonds is 5. The minimum Gasteiger partial charge on any atom is -0.486 e. The van der Waals surface area contributed by atoms with Crippen LogP contribution in [0.3, 0.4) is 0 Å². The normalized spacial score (nSPS) is 14.1. The van der Waals surface area contributed by atoms with Crippen LogP contribution in [0.15, 0.2) is 18.2 Å². The van der Waals surface area contributed by atoms with Crippen molar-refractivity contribution in [2.75, 3.05) is 40.5 Å². The van der Waals surface area contributed by atoms with Crippen molar-refractivity contribution in [2.45, 2.75) is 6.42 Å². The summed E-state index contributed by atoms with van der Waals surface area (Å²) in [6.07, 6.45) is 1.02. The van der Waals surface area contributed by atoms with Crippen molar-refractivity contribution in [1.29, 1.82) is 0 Å². The topological polar surface area (TPSA) is 33.7 Å². The molecule has 0 saturated heterocycles. The molecule has 2 rings (SSSR count). The minimum atomic E-state index is 0.649. The van der Waals surface area contributed by atoms with E-state index in [1.54, 1.807) is 0 Å². The van der Waals surface area contributed by atoms with Crippen LogP contribution in [-0.4, -0.2) is 45.4 Å². The van der Waals surface area contributed by atoms with Gasteiger partial charge in [0.15, 0.2) is 11.5 Å². The van der Waals surface area contributed by atoms with E-state index in [-0.39, 0.29) is 0 Å². The van der Waals surface area contributed by atoms with Crippen LogP contribution in [0.1, 0.15) is 5.56 Å². The SMILES string of the molecule is CNCN(C)CCc1ccc2c(c1)OCCO2. The molecule has 0 spiro atoms. The first kappa shape index (κ1) is 12.2. The Bertz CT molecular complexity index is 368. The standard InChI is InChI=1S/C13H20N2O2/c1-14-10-15(2)6-5-11-3-4-12-13(9-11)17-8-7-16-12/h3-4,9,14H,5-8,10H2,1-2H3. The lowest BCUT2D eigenvalue weighted by molar-refractivity contribution is 0.171. The third-order valence-electron chi connectivity index (χ3n) is 2.82. The quantitative estimate of drug-likeness (QED) is 0.777. The largest absolute Gasteiger partial charge is 0.486 e. The molecule has 0 bridgehead atoms. The molecule has 4 nitrogen and oxygen atoms in total. The maximum atomic E-state index is 5.57. The van der Waals surface area contributed by atoms with Crippen molar-refractivity contribution in [3.63, 3.8) is 0 Å². The van der Waals surface area contributed by atoms with E-state index in [2.05, 4.69) is 29.4 Å². The Morgan fingerprint density at radius 1 is 1.24 bits per heavy atom. The molecule has 0 atom stereocenters. The van der Waals surface area contributed by atoms with Gasteiger partial charge in [-0.2, -0.15) is 0 Å². The van der Waals surface area contributed by atoms with Crippen molar-refractivity contribution >= 4 is 0 Å². The summed E-state index contributed by atoms with van der Waals surface area (Å²) in [5.41, 5.74) is 1.29. The number of hydrogen-bond acceptors (Lipinski definition) is 4. The van der Waals surface area contributed by atoms with E-state index >= 15 is 0 Å². The van der Waals surface area contributed by atoms with E-state index < -0.39 is 0 Å². The van der Waals surface area contributed by atoms with Crippen LogP contribution in [-0.2, 0) is 6.42 Å². The van der Waals surface area contributed by atoms with Crippen LogP contribution < -0.4 is 14.8 Å². The third kappa shape index (κ3) is 3.35. The fourth-order valence-corrected chi connectivity index (χ4v) is 1.91. The van der Waals surface area contributed by atoms with Gasteiger partial charge in [0, 0.05) is 13.2 Å². The van der Waals surface area contributed by atoms with Gasteiger partial charge >= 0.3 is 0 Å². The highest BCUT2D eigenvalue weighted by Gasteiger charge is 2.11. The molecule has 0 saturated carbocycles. The Kier molecular flexibility index (Phi) is 4.23. The molecule has 0 amide bonds. The fraction of sp³-hybridized carbons (Fsp3) is 0.538. The second-order valence-electron chi connectivity index (χ2n) is 4.32. The molecule has 0 aromatic heterocycles. The van der Waals surface area contributed by atoms with Gasteiger partial charge in [-0.25, -0.2) is 0 Å². The highest BCUT2D eigenvalue weighted by atomic mass is 16.6. The number of likely N-dealkylation sites (N-methyl/N-ethyl adjacent to an activating group) is 1. The average molecular weight is 236 g/mol. The molecule has 1 aliphatic heterocycles. The first-order chi connectivity index (χ1) is 8.29. The molecular weight excluding hydrogens is 216 g/mol. The maximum absolute atomic E-state index is 5.57. The molecule has 1 heterocycles. The second kappa shape index (κ2) is 5.89. The average Bonchev–Trinajstić information content (AvgIpc) is 2.36. The summed E-state index contributed by atoms with van der Waals surface area (Å²) in [5, 5.41) is 3.13. The van der Waals surface area contributed by atoms with Gasteiger partial charge in [-0.05, 0) is 38.2 Å². The summed E-state index contributed by atoms with van der Waals surface area (Å²) in [7, 11) is 4.06. The number of hydrogen-bond donors (Lipinski definition) is 1. The summed E-state index contributed by atoms with van der Waals surface area (Å²) >= 11 is 0. The molecule has 1 aromatic carbocycles. The van der Waals surface area contributed by atoms with Gasteiger partial charge in [-0.3, -0.25) is 4.90 Å². The van der Waals surface area contributed by atoms with Gasteiger partial charge < -0.3 is 14.8 Å². The Hall–Kier alpha value is -1.26. The number of fused-ring (bicyclic) bond motifs is 1. The predicted octanol–water partition coefficient (Wildman–Crippen LogP) is 1.11. The number of nitrogens with zero attached hydrogens (tertiary/aromatic N) is 1. The molecule has 0 fully saturated rings. The highest BCUT2D eigenvalue weighted by molar-refractivity contribution is 5.43.